The smallest absolute Gasteiger partial charge is 0.407 e. The van der Waals surface area contributed by atoms with E-state index in [1.807, 2.05) is 53.8 Å². The van der Waals surface area contributed by atoms with Gasteiger partial charge in [0.05, 0.1) is 12.1 Å². The van der Waals surface area contributed by atoms with Gasteiger partial charge >= 0.3 is 18.0 Å². The summed E-state index contributed by atoms with van der Waals surface area (Å²) in [5.41, 5.74) is 2.88. The van der Waals surface area contributed by atoms with Gasteiger partial charge in [-0.05, 0) is 40.5 Å². The predicted molar refractivity (Wildman–Crippen MR) is 120 cm³/mol. The van der Waals surface area contributed by atoms with Gasteiger partial charge in [0.15, 0.2) is 0 Å². The summed E-state index contributed by atoms with van der Waals surface area (Å²) in [4.78, 5) is 34.8. The normalized spacial score (nSPS) is 12.4. The number of hydrogen-bond acceptors (Lipinski definition) is 4. The number of alkyl carbamates (subject to hydrolysis) is 1. The maximum Gasteiger partial charge on any atom is 0.407 e. The molecule has 35 heavy (non-hydrogen) atoms. The third kappa shape index (κ3) is 4.96. The van der Waals surface area contributed by atoms with Crippen molar-refractivity contribution in [1.82, 2.24) is 5.32 Å². The lowest BCUT2D eigenvalue weighted by atomic mass is 9.98. The van der Waals surface area contributed by atoms with Crippen LogP contribution < -0.4 is 10.6 Å². The summed E-state index contributed by atoms with van der Waals surface area (Å²) in [6.07, 6.45) is -1.13. The van der Waals surface area contributed by atoms with Gasteiger partial charge in [-0.15, -0.1) is 0 Å². The fourth-order valence-electron chi connectivity index (χ4n) is 3.90. The Kier molecular flexibility index (Phi) is 6.46. The molecule has 1 aliphatic carbocycles. The Labute approximate surface area is 197 Å². The molecule has 4 rings (SSSR count). The number of carbonyl (C=O) groups is 3. The number of hydrogen-bond donors (Lipinski definition) is 3. The van der Waals surface area contributed by atoms with Crippen LogP contribution in [0.25, 0.3) is 11.1 Å². The highest BCUT2D eigenvalue weighted by molar-refractivity contribution is 5.97. The number of halogens is 3. The second-order valence-electron chi connectivity index (χ2n) is 7.84. The molecule has 0 saturated carbocycles. The number of anilines is 1. The van der Waals surface area contributed by atoms with Gasteiger partial charge in [0.25, 0.3) is 5.91 Å². The number of ether oxygens (including phenoxy) is 1. The molecule has 0 saturated heterocycles. The summed E-state index contributed by atoms with van der Waals surface area (Å²) in [5, 5.41) is 12.5. The lowest BCUT2D eigenvalue weighted by Crippen LogP contribution is -2.45. The molecule has 0 unspecified atom stereocenters. The zero-order chi connectivity index (χ0) is 25.2. The molecule has 0 aromatic heterocycles. The van der Waals surface area contributed by atoms with Crippen molar-refractivity contribution >= 4 is 23.7 Å². The van der Waals surface area contributed by atoms with E-state index in [4.69, 9.17) is 9.84 Å². The average Bonchev–Trinajstić information content (AvgIpc) is 3.15. The quantitative estimate of drug-likeness (QED) is 0.453. The molecule has 3 aromatic rings. The molecule has 1 aliphatic rings. The second kappa shape index (κ2) is 9.49. The molecule has 0 heterocycles. The molecule has 0 spiro atoms. The SMILES string of the molecule is O=C(NCC(F)(F)C(=O)Nc1ccc(C(=O)O)c(F)c1)OCC1c2ccccc2-c2ccccc21. The molecule has 0 fully saturated rings. The highest BCUT2D eigenvalue weighted by Crippen LogP contribution is 2.44. The number of carbonyl (C=O) groups excluding carboxylic acids is 2. The first-order valence-electron chi connectivity index (χ1n) is 10.5. The summed E-state index contributed by atoms with van der Waals surface area (Å²) in [7, 11) is 0. The molecule has 10 heteroatoms. The fraction of sp³-hybridized carbons (Fsp3) is 0.160. The standard InChI is InChI=1S/C25H19F3N2O5/c26-21-11-14(9-10-19(21)22(31)32)30-23(33)25(27,28)13-29-24(34)35-12-20-17-7-3-1-5-15(17)16-6-2-4-8-18(16)20/h1-11,20H,12-13H2,(H,29,34)(H,30,33)(H,31,32). The van der Waals surface area contributed by atoms with E-state index < -0.39 is 41.8 Å². The van der Waals surface area contributed by atoms with Crippen LogP contribution in [0.2, 0.25) is 0 Å². The fourth-order valence-corrected chi connectivity index (χ4v) is 3.90. The Morgan fingerprint density at radius 1 is 0.943 bits per heavy atom. The number of rotatable bonds is 7. The van der Waals surface area contributed by atoms with E-state index in [2.05, 4.69) is 0 Å². The topological polar surface area (TPSA) is 105 Å². The first-order chi connectivity index (χ1) is 16.7. The van der Waals surface area contributed by atoms with Crippen molar-refractivity contribution in [3.63, 3.8) is 0 Å². The number of carboxylic acids is 1. The van der Waals surface area contributed by atoms with Gasteiger partial charge in [0.2, 0.25) is 0 Å². The minimum Gasteiger partial charge on any atom is -0.478 e. The largest absolute Gasteiger partial charge is 0.478 e. The summed E-state index contributed by atoms with van der Waals surface area (Å²) >= 11 is 0. The lowest BCUT2D eigenvalue weighted by Gasteiger charge is -2.18. The molecule has 0 bridgehead atoms. The highest BCUT2D eigenvalue weighted by Gasteiger charge is 2.39. The van der Waals surface area contributed by atoms with Crippen LogP contribution in [-0.4, -0.2) is 42.2 Å². The molecule has 0 atom stereocenters. The first kappa shape index (κ1) is 23.8. The highest BCUT2D eigenvalue weighted by atomic mass is 19.3. The number of nitrogens with one attached hydrogen (secondary N) is 2. The van der Waals surface area contributed by atoms with Crippen molar-refractivity contribution in [3.8, 4) is 11.1 Å². The number of benzene rings is 3. The van der Waals surface area contributed by atoms with Gasteiger partial charge < -0.3 is 20.5 Å². The third-order valence-corrected chi connectivity index (χ3v) is 5.59. The van der Waals surface area contributed by atoms with Crippen LogP contribution in [0.1, 0.15) is 27.4 Å². The minimum atomic E-state index is -4.05. The lowest BCUT2D eigenvalue weighted by molar-refractivity contribution is -0.138. The Morgan fingerprint density at radius 2 is 1.54 bits per heavy atom. The monoisotopic (exact) mass is 484 g/mol. The molecular formula is C25H19F3N2O5. The molecule has 2 amide bonds. The summed E-state index contributed by atoms with van der Waals surface area (Å²) in [6, 6.07) is 17.6. The van der Waals surface area contributed by atoms with Crippen LogP contribution in [-0.2, 0) is 9.53 Å². The second-order valence-corrected chi connectivity index (χ2v) is 7.84. The van der Waals surface area contributed by atoms with E-state index in [1.165, 1.54) is 0 Å². The van der Waals surface area contributed by atoms with E-state index in [9.17, 15) is 27.6 Å². The zero-order valence-electron chi connectivity index (χ0n) is 18.1. The van der Waals surface area contributed by atoms with Gasteiger partial charge in [0, 0.05) is 11.6 Å². The van der Waals surface area contributed by atoms with E-state index in [-0.39, 0.29) is 18.2 Å². The zero-order valence-corrected chi connectivity index (χ0v) is 18.1. The van der Waals surface area contributed by atoms with Crippen molar-refractivity contribution < 1.29 is 37.4 Å². The van der Waals surface area contributed by atoms with Crippen molar-refractivity contribution in [2.45, 2.75) is 11.8 Å². The molecule has 0 aliphatic heterocycles. The number of amides is 2. The maximum absolute atomic E-state index is 14.2. The Bertz CT molecular complexity index is 1270. The van der Waals surface area contributed by atoms with Gasteiger partial charge in [-0.25, -0.2) is 14.0 Å². The molecular weight excluding hydrogens is 465 g/mol. The number of alkyl halides is 2. The van der Waals surface area contributed by atoms with Crippen LogP contribution in [0.5, 0.6) is 0 Å². The predicted octanol–water partition coefficient (Wildman–Crippen LogP) is 4.64. The van der Waals surface area contributed by atoms with Crippen molar-refractivity contribution in [3.05, 3.63) is 89.2 Å². The van der Waals surface area contributed by atoms with Gasteiger partial charge in [-0.2, -0.15) is 8.78 Å². The van der Waals surface area contributed by atoms with E-state index in [0.29, 0.717) is 6.07 Å². The molecule has 3 aromatic carbocycles. The van der Waals surface area contributed by atoms with Crippen LogP contribution in [0.3, 0.4) is 0 Å². The van der Waals surface area contributed by atoms with Crippen LogP contribution >= 0.6 is 0 Å². The number of aromatic carboxylic acids is 1. The van der Waals surface area contributed by atoms with Gasteiger partial charge in [-0.3, -0.25) is 4.79 Å². The Hall–Kier alpha value is -4.34. The molecule has 7 nitrogen and oxygen atoms in total. The van der Waals surface area contributed by atoms with E-state index in [0.717, 1.165) is 34.4 Å². The molecule has 3 N–H and O–H groups in total. The van der Waals surface area contributed by atoms with Crippen molar-refractivity contribution in [2.75, 3.05) is 18.5 Å². The average molecular weight is 484 g/mol. The number of fused-ring (bicyclic) bond motifs is 3. The van der Waals surface area contributed by atoms with Gasteiger partial charge in [-0.1, -0.05) is 48.5 Å². The Balaban J connectivity index is 1.33. The molecule has 180 valence electrons. The van der Waals surface area contributed by atoms with Crippen LogP contribution in [0.4, 0.5) is 23.7 Å². The number of carboxylic acid groups (broad SMARTS) is 1. The summed E-state index contributed by atoms with van der Waals surface area (Å²) in [6.45, 7) is -1.45. The summed E-state index contributed by atoms with van der Waals surface area (Å²) in [5.74, 6) is -8.86. The minimum absolute atomic E-state index is 0.0904. The van der Waals surface area contributed by atoms with E-state index in [1.54, 1.807) is 5.32 Å². The third-order valence-electron chi connectivity index (χ3n) is 5.59. The van der Waals surface area contributed by atoms with Crippen LogP contribution in [0, 0.1) is 5.82 Å². The van der Waals surface area contributed by atoms with Crippen LogP contribution in [0.15, 0.2) is 66.7 Å². The summed E-state index contributed by atoms with van der Waals surface area (Å²) < 4.78 is 47.3. The van der Waals surface area contributed by atoms with E-state index >= 15 is 0 Å². The Morgan fingerprint density at radius 3 is 2.11 bits per heavy atom. The maximum atomic E-state index is 14.2. The van der Waals surface area contributed by atoms with Gasteiger partial charge in [0.1, 0.15) is 12.4 Å². The molecule has 0 radical (unpaired) electrons. The van der Waals surface area contributed by atoms with Crippen molar-refractivity contribution in [1.29, 1.82) is 0 Å². The van der Waals surface area contributed by atoms with Crippen molar-refractivity contribution in [2.24, 2.45) is 0 Å². The first-order valence-corrected chi connectivity index (χ1v) is 10.5.